The largest absolute Gasteiger partial charge is 0.352 e. The highest BCUT2D eigenvalue weighted by Crippen LogP contribution is 2.19. The molecule has 1 saturated heterocycles. The minimum absolute atomic E-state index is 0.111. The SMILES string of the molecule is O=C(NCC1CCNCC1)c1cccc(F)c1Cl. The van der Waals surface area contributed by atoms with Crippen LogP contribution in [0.3, 0.4) is 0 Å². The van der Waals surface area contributed by atoms with Gasteiger partial charge in [0.15, 0.2) is 0 Å². The minimum atomic E-state index is -0.564. The maximum Gasteiger partial charge on any atom is 0.252 e. The van der Waals surface area contributed by atoms with Crippen LogP contribution in [-0.2, 0) is 0 Å². The molecule has 1 aromatic carbocycles. The van der Waals surface area contributed by atoms with Gasteiger partial charge in [-0.25, -0.2) is 4.39 Å². The number of amides is 1. The van der Waals surface area contributed by atoms with Crippen molar-refractivity contribution < 1.29 is 9.18 Å². The first kappa shape index (κ1) is 13.3. The highest BCUT2D eigenvalue weighted by molar-refractivity contribution is 6.34. The van der Waals surface area contributed by atoms with Crippen LogP contribution in [0.5, 0.6) is 0 Å². The van der Waals surface area contributed by atoms with E-state index in [1.54, 1.807) is 0 Å². The molecule has 2 rings (SSSR count). The molecule has 0 atom stereocenters. The van der Waals surface area contributed by atoms with Gasteiger partial charge in [-0.1, -0.05) is 17.7 Å². The van der Waals surface area contributed by atoms with Crippen LogP contribution >= 0.6 is 11.6 Å². The standard InChI is InChI=1S/C13H16ClFN2O/c14-12-10(2-1-3-11(12)15)13(18)17-8-9-4-6-16-7-5-9/h1-3,9,16H,4-8H2,(H,17,18). The van der Waals surface area contributed by atoms with E-state index in [0.717, 1.165) is 25.9 Å². The molecule has 0 aliphatic carbocycles. The first-order valence-electron chi connectivity index (χ1n) is 6.11. The molecular weight excluding hydrogens is 255 g/mol. The minimum Gasteiger partial charge on any atom is -0.352 e. The van der Waals surface area contributed by atoms with Crippen LogP contribution in [0, 0.1) is 11.7 Å². The second-order valence-corrected chi connectivity index (χ2v) is 4.88. The average molecular weight is 271 g/mol. The number of rotatable bonds is 3. The monoisotopic (exact) mass is 270 g/mol. The molecule has 1 heterocycles. The summed E-state index contributed by atoms with van der Waals surface area (Å²) in [6, 6.07) is 4.26. The molecule has 1 aliphatic heterocycles. The molecule has 1 aliphatic rings. The van der Waals surface area contributed by atoms with Crippen molar-refractivity contribution in [3.05, 3.63) is 34.6 Å². The third-order valence-corrected chi connectivity index (χ3v) is 3.59. The van der Waals surface area contributed by atoms with E-state index in [1.165, 1.54) is 18.2 Å². The molecule has 18 heavy (non-hydrogen) atoms. The van der Waals surface area contributed by atoms with E-state index in [2.05, 4.69) is 10.6 Å². The molecule has 0 unspecified atom stereocenters. The quantitative estimate of drug-likeness (QED) is 0.884. The summed E-state index contributed by atoms with van der Waals surface area (Å²) in [6.45, 7) is 2.59. The summed E-state index contributed by atoms with van der Waals surface area (Å²) < 4.78 is 13.2. The second kappa shape index (κ2) is 6.16. The summed E-state index contributed by atoms with van der Waals surface area (Å²) in [4.78, 5) is 11.9. The van der Waals surface area contributed by atoms with Crippen LogP contribution in [0.25, 0.3) is 0 Å². The molecule has 3 nitrogen and oxygen atoms in total. The number of hydrogen-bond donors (Lipinski definition) is 2. The van der Waals surface area contributed by atoms with Gasteiger partial charge in [0, 0.05) is 6.54 Å². The van der Waals surface area contributed by atoms with Crippen LogP contribution in [0.4, 0.5) is 4.39 Å². The van der Waals surface area contributed by atoms with Crippen molar-refractivity contribution >= 4 is 17.5 Å². The Hall–Kier alpha value is -1.13. The van der Waals surface area contributed by atoms with Crippen molar-refractivity contribution in [1.82, 2.24) is 10.6 Å². The Kier molecular flexibility index (Phi) is 4.55. The first-order chi connectivity index (χ1) is 8.68. The van der Waals surface area contributed by atoms with Gasteiger partial charge in [0.25, 0.3) is 5.91 Å². The van der Waals surface area contributed by atoms with E-state index < -0.39 is 5.82 Å². The van der Waals surface area contributed by atoms with Crippen molar-refractivity contribution in [3.8, 4) is 0 Å². The third kappa shape index (κ3) is 3.21. The zero-order valence-corrected chi connectivity index (χ0v) is 10.8. The van der Waals surface area contributed by atoms with E-state index in [0.29, 0.717) is 12.5 Å². The normalized spacial score (nSPS) is 16.6. The molecule has 5 heteroatoms. The summed E-state index contributed by atoms with van der Waals surface area (Å²) >= 11 is 5.76. The number of carbonyl (C=O) groups is 1. The summed E-state index contributed by atoms with van der Waals surface area (Å²) in [7, 11) is 0. The predicted octanol–water partition coefficient (Wildman–Crippen LogP) is 2.21. The molecule has 1 amide bonds. The molecule has 1 fully saturated rings. The highest BCUT2D eigenvalue weighted by Gasteiger charge is 2.16. The molecule has 0 bridgehead atoms. The zero-order valence-electron chi connectivity index (χ0n) is 10.0. The number of halogens is 2. The maximum absolute atomic E-state index is 13.2. The first-order valence-corrected chi connectivity index (χ1v) is 6.49. The molecule has 0 saturated carbocycles. The maximum atomic E-state index is 13.2. The molecule has 98 valence electrons. The van der Waals surface area contributed by atoms with Crippen LogP contribution in [0.2, 0.25) is 5.02 Å². The van der Waals surface area contributed by atoms with Gasteiger partial charge in [-0.3, -0.25) is 4.79 Å². The zero-order chi connectivity index (χ0) is 13.0. The predicted molar refractivity (Wildman–Crippen MR) is 69.3 cm³/mol. The lowest BCUT2D eigenvalue weighted by Gasteiger charge is -2.22. The Morgan fingerprint density at radius 3 is 2.89 bits per heavy atom. The van der Waals surface area contributed by atoms with Crippen molar-refractivity contribution in [2.24, 2.45) is 5.92 Å². The number of nitrogens with one attached hydrogen (secondary N) is 2. The van der Waals surface area contributed by atoms with E-state index in [-0.39, 0.29) is 16.5 Å². The van der Waals surface area contributed by atoms with Gasteiger partial charge in [-0.2, -0.15) is 0 Å². The van der Waals surface area contributed by atoms with E-state index in [9.17, 15) is 9.18 Å². The molecular formula is C13H16ClFN2O. The van der Waals surface area contributed by atoms with Gasteiger partial charge in [0.05, 0.1) is 10.6 Å². The average Bonchev–Trinajstić information content (AvgIpc) is 2.40. The second-order valence-electron chi connectivity index (χ2n) is 4.50. The summed E-state index contributed by atoms with van der Waals surface area (Å²) in [5, 5.41) is 5.98. The molecule has 0 aromatic heterocycles. The number of hydrogen-bond acceptors (Lipinski definition) is 2. The van der Waals surface area contributed by atoms with Gasteiger partial charge in [0.2, 0.25) is 0 Å². The third-order valence-electron chi connectivity index (χ3n) is 3.21. The van der Waals surface area contributed by atoms with Crippen molar-refractivity contribution in [2.75, 3.05) is 19.6 Å². The van der Waals surface area contributed by atoms with Gasteiger partial charge in [0.1, 0.15) is 5.82 Å². The Balaban J connectivity index is 1.93. The fraction of sp³-hybridized carbons (Fsp3) is 0.462. The van der Waals surface area contributed by atoms with Gasteiger partial charge < -0.3 is 10.6 Å². The molecule has 1 aromatic rings. The van der Waals surface area contributed by atoms with Crippen LogP contribution in [-0.4, -0.2) is 25.5 Å². The molecule has 0 radical (unpaired) electrons. The fourth-order valence-electron chi connectivity index (χ4n) is 2.10. The topological polar surface area (TPSA) is 41.1 Å². The Morgan fingerprint density at radius 2 is 2.17 bits per heavy atom. The summed E-state index contributed by atoms with van der Waals surface area (Å²) in [5.41, 5.74) is 0.200. The number of benzene rings is 1. The number of piperidine rings is 1. The lowest BCUT2D eigenvalue weighted by Crippen LogP contribution is -2.36. The van der Waals surface area contributed by atoms with E-state index in [1.807, 2.05) is 0 Å². The fourth-order valence-corrected chi connectivity index (χ4v) is 2.31. The summed E-state index contributed by atoms with van der Waals surface area (Å²) in [5.74, 6) is -0.383. The number of carbonyl (C=O) groups excluding carboxylic acids is 1. The van der Waals surface area contributed by atoms with Gasteiger partial charge in [-0.15, -0.1) is 0 Å². The van der Waals surface area contributed by atoms with Crippen molar-refractivity contribution in [3.63, 3.8) is 0 Å². The molecule has 2 N–H and O–H groups in total. The van der Waals surface area contributed by atoms with Gasteiger partial charge >= 0.3 is 0 Å². The Morgan fingerprint density at radius 1 is 1.44 bits per heavy atom. The lowest BCUT2D eigenvalue weighted by atomic mass is 9.98. The highest BCUT2D eigenvalue weighted by atomic mass is 35.5. The van der Waals surface area contributed by atoms with Crippen LogP contribution < -0.4 is 10.6 Å². The van der Waals surface area contributed by atoms with Crippen molar-refractivity contribution in [2.45, 2.75) is 12.8 Å². The Bertz CT molecular complexity index is 433. The van der Waals surface area contributed by atoms with Crippen LogP contribution in [0.15, 0.2) is 18.2 Å². The smallest absolute Gasteiger partial charge is 0.252 e. The van der Waals surface area contributed by atoms with Gasteiger partial charge in [-0.05, 0) is 44.0 Å². The lowest BCUT2D eigenvalue weighted by molar-refractivity contribution is 0.0944. The van der Waals surface area contributed by atoms with Crippen molar-refractivity contribution in [1.29, 1.82) is 0 Å². The van der Waals surface area contributed by atoms with E-state index >= 15 is 0 Å². The Labute approximate surface area is 111 Å². The summed E-state index contributed by atoms with van der Waals surface area (Å²) in [6.07, 6.45) is 2.11. The van der Waals surface area contributed by atoms with E-state index in [4.69, 9.17) is 11.6 Å². The van der Waals surface area contributed by atoms with Crippen LogP contribution in [0.1, 0.15) is 23.2 Å². The molecule has 0 spiro atoms.